The number of nitrogens with zero attached hydrogens (tertiary/aromatic N) is 1. The molecule has 100 valence electrons. The van der Waals surface area contributed by atoms with Crippen LogP contribution < -0.4 is 0 Å². The van der Waals surface area contributed by atoms with E-state index in [4.69, 9.17) is 5.11 Å². The highest BCUT2D eigenvalue weighted by Gasteiger charge is 2.42. The van der Waals surface area contributed by atoms with Gasteiger partial charge in [0.15, 0.2) is 0 Å². The lowest BCUT2D eigenvalue weighted by molar-refractivity contribution is -0.141. The van der Waals surface area contributed by atoms with Crippen molar-refractivity contribution < 1.29 is 14.7 Å². The molecule has 0 aromatic carbocycles. The molecule has 1 amide bonds. The SMILES string of the molecule is O=C(O)C1CCC(C(=O)N2CC3CCCC3C2)C1. The van der Waals surface area contributed by atoms with Gasteiger partial charge in [-0.3, -0.25) is 9.59 Å². The third-order valence-electron chi connectivity index (χ3n) is 5.17. The lowest BCUT2D eigenvalue weighted by Gasteiger charge is -2.21. The number of carboxylic acids is 1. The van der Waals surface area contributed by atoms with E-state index in [9.17, 15) is 9.59 Å². The van der Waals surface area contributed by atoms with Crippen molar-refractivity contribution in [3.05, 3.63) is 0 Å². The zero-order valence-corrected chi connectivity index (χ0v) is 10.7. The topological polar surface area (TPSA) is 57.6 Å². The van der Waals surface area contributed by atoms with E-state index in [0.717, 1.165) is 31.3 Å². The van der Waals surface area contributed by atoms with E-state index < -0.39 is 5.97 Å². The van der Waals surface area contributed by atoms with Gasteiger partial charge in [-0.05, 0) is 43.9 Å². The van der Waals surface area contributed by atoms with Gasteiger partial charge >= 0.3 is 5.97 Å². The summed E-state index contributed by atoms with van der Waals surface area (Å²) in [6.45, 7) is 1.86. The highest BCUT2D eigenvalue weighted by molar-refractivity contribution is 5.81. The van der Waals surface area contributed by atoms with Crippen molar-refractivity contribution in [2.45, 2.75) is 38.5 Å². The molecule has 0 radical (unpaired) electrons. The zero-order chi connectivity index (χ0) is 12.7. The molecule has 4 nitrogen and oxygen atoms in total. The maximum atomic E-state index is 12.4. The number of aliphatic carboxylic acids is 1. The monoisotopic (exact) mass is 251 g/mol. The third kappa shape index (κ3) is 2.02. The van der Waals surface area contributed by atoms with E-state index in [1.165, 1.54) is 19.3 Å². The van der Waals surface area contributed by atoms with Crippen LogP contribution in [0.2, 0.25) is 0 Å². The van der Waals surface area contributed by atoms with Crippen molar-refractivity contribution >= 4 is 11.9 Å². The molecule has 2 aliphatic carbocycles. The van der Waals surface area contributed by atoms with Crippen LogP contribution in [0.15, 0.2) is 0 Å². The van der Waals surface area contributed by atoms with Crippen LogP contribution in [0.25, 0.3) is 0 Å². The zero-order valence-electron chi connectivity index (χ0n) is 10.7. The third-order valence-corrected chi connectivity index (χ3v) is 5.17. The van der Waals surface area contributed by atoms with Crippen LogP contribution >= 0.6 is 0 Å². The first-order chi connectivity index (χ1) is 8.65. The second-order valence-corrected chi connectivity index (χ2v) is 6.24. The van der Waals surface area contributed by atoms with Crippen molar-refractivity contribution in [1.82, 2.24) is 4.90 Å². The van der Waals surface area contributed by atoms with Crippen molar-refractivity contribution in [1.29, 1.82) is 0 Å². The molecule has 4 atom stereocenters. The minimum atomic E-state index is -0.733. The molecule has 3 rings (SSSR count). The fourth-order valence-corrected chi connectivity index (χ4v) is 4.10. The summed E-state index contributed by atoms with van der Waals surface area (Å²) in [5.41, 5.74) is 0. The average molecular weight is 251 g/mol. The number of carbonyl (C=O) groups is 2. The lowest BCUT2D eigenvalue weighted by atomic mass is 10.0. The van der Waals surface area contributed by atoms with Gasteiger partial charge in [0.1, 0.15) is 0 Å². The van der Waals surface area contributed by atoms with Crippen LogP contribution in [0.5, 0.6) is 0 Å². The fraction of sp³-hybridized carbons (Fsp3) is 0.857. The van der Waals surface area contributed by atoms with E-state index in [2.05, 4.69) is 0 Å². The van der Waals surface area contributed by atoms with Gasteiger partial charge in [0, 0.05) is 19.0 Å². The summed E-state index contributed by atoms with van der Waals surface area (Å²) in [5, 5.41) is 8.98. The van der Waals surface area contributed by atoms with Crippen LogP contribution in [0.1, 0.15) is 38.5 Å². The number of hydrogen-bond acceptors (Lipinski definition) is 2. The molecule has 4 unspecified atom stereocenters. The molecule has 1 aliphatic heterocycles. The minimum absolute atomic E-state index is 0.0232. The number of likely N-dealkylation sites (tertiary alicyclic amines) is 1. The maximum Gasteiger partial charge on any atom is 0.306 e. The standard InChI is InChI=1S/C14H21NO3/c16-13(9-4-5-10(6-9)14(17)18)15-7-11-2-1-3-12(11)8-15/h9-12H,1-8H2,(H,17,18). The van der Waals surface area contributed by atoms with E-state index in [-0.39, 0.29) is 17.7 Å². The Bertz CT molecular complexity index is 356. The Kier molecular flexibility index (Phi) is 3.04. The molecule has 18 heavy (non-hydrogen) atoms. The van der Waals surface area contributed by atoms with Gasteiger partial charge in [0.05, 0.1) is 5.92 Å². The highest BCUT2D eigenvalue weighted by atomic mass is 16.4. The Morgan fingerprint density at radius 1 is 0.944 bits per heavy atom. The predicted octanol–water partition coefficient (Wildman–Crippen LogP) is 1.75. The van der Waals surface area contributed by atoms with E-state index in [1.807, 2.05) is 4.90 Å². The van der Waals surface area contributed by atoms with E-state index in [1.54, 1.807) is 0 Å². The van der Waals surface area contributed by atoms with E-state index >= 15 is 0 Å². The molecule has 0 bridgehead atoms. The molecule has 3 aliphatic rings. The van der Waals surface area contributed by atoms with Gasteiger partial charge in [0.25, 0.3) is 0 Å². The fourth-order valence-electron chi connectivity index (χ4n) is 4.10. The van der Waals surface area contributed by atoms with Gasteiger partial charge in [-0.15, -0.1) is 0 Å². The Morgan fingerprint density at radius 3 is 2.11 bits per heavy atom. The Balaban J connectivity index is 1.58. The van der Waals surface area contributed by atoms with Crippen molar-refractivity contribution in [3.63, 3.8) is 0 Å². The summed E-state index contributed by atoms with van der Waals surface area (Å²) in [7, 11) is 0. The first-order valence-corrected chi connectivity index (χ1v) is 7.16. The van der Waals surface area contributed by atoms with Crippen LogP contribution in [0.4, 0.5) is 0 Å². The Hall–Kier alpha value is -1.06. The van der Waals surface area contributed by atoms with Gasteiger partial charge < -0.3 is 10.0 Å². The Morgan fingerprint density at radius 2 is 1.56 bits per heavy atom. The summed E-state index contributed by atoms with van der Waals surface area (Å²) in [5.74, 6) is 0.638. The summed E-state index contributed by atoms with van der Waals surface area (Å²) in [6, 6.07) is 0. The summed E-state index contributed by atoms with van der Waals surface area (Å²) >= 11 is 0. The van der Waals surface area contributed by atoms with Gasteiger partial charge in [-0.25, -0.2) is 0 Å². The van der Waals surface area contributed by atoms with E-state index in [0.29, 0.717) is 12.8 Å². The lowest BCUT2D eigenvalue weighted by Crippen LogP contribution is -2.34. The largest absolute Gasteiger partial charge is 0.481 e. The molecular weight excluding hydrogens is 230 g/mol. The first-order valence-electron chi connectivity index (χ1n) is 7.16. The first kappa shape index (κ1) is 12.0. The molecule has 3 fully saturated rings. The number of hydrogen-bond donors (Lipinski definition) is 1. The molecule has 1 N–H and O–H groups in total. The van der Waals surface area contributed by atoms with Crippen molar-refractivity contribution in [3.8, 4) is 0 Å². The van der Waals surface area contributed by atoms with Crippen LogP contribution in [-0.2, 0) is 9.59 Å². The normalized spacial score (nSPS) is 39.0. The smallest absolute Gasteiger partial charge is 0.306 e. The predicted molar refractivity (Wildman–Crippen MR) is 65.9 cm³/mol. The second kappa shape index (κ2) is 4.56. The van der Waals surface area contributed by atoms with Crippen LogP contribution in [-0.4, -0.2) is 35.0 Å². The number of carboxylic acid groups (broad SMARTS) is 1. The summed E-state index contributed by atoms with van der Waals surface area (Å²) in [4.78, 5) is 25.3. The molecule has 0 spiro atoms. The molecule has 4 heteroatoms. The molecule has 0 aromatic heterocycles. The molecule has 0 aromatic rings. The summed E-state index contributed by atoms with van der Waals surface area (Å²) < 4.78 is 0. The average Bonchev–Trinajstić information content (AvgIpc) is 3.02. The minimum Gasteiger partial charge on any atom is -0.481 e. The molecule has 2 saturated carbocycles. The van der Waals surface area contributed by atoms with Gasteiger partial charge in [-0.2, -0.15) is 0 Å². The highest BCUT2D eigenvalue weighted by Crippen LogP contribution is 2.40. The second-order valence-electron chi connectivity index (χ2n) is 6.24. The quantitative estimate of drug-likeness (QED) is 0.813. The molecular formula is C14H21NO3. The number of carbonyl (C=O) groups excluding carboxylic acids is 1. The number of rotatable bonds is 2. The van der Waals surface area contributed by atoms with Crippen molar-refractivity contribution in [2.75, 3.05) is 13.1 Å². The number of fused-ring (bicyclic) bond motifs is 1. The molecule has 1 saturated heterocycles. The maximum absolute atomic E-state index is 12.4. The Labute approximate surface area is 107 Å². The van der Waals surface area contributed by atoms with Gasteiger partial charge in [0.2, 0.25) is 5.91 Å². The van der Waals surface area contributed by atoms with Gasteiger partial charge in [-0.1, -0.05) is 6.42 Å². The molecule has 1 heterocycles. The van der Waals surface area contributed by atoms with Crippen LogP contribution in [0.3, 0.4) is 0 Å². The number of amides is 1. The summed E-state index contributed by atoms with van der Waals surface area (Å²) in [6.07, 6.45) is 5.86. The van der Waals surface area contributed by atoms with Crippen molar-refractivity contribution in [2.24, 2.45) is 23.7 Å². The van der Waals surface area contributed by atoms with Crippen LogP contribution in [0, 0.1) is 23.7 Å².